The number of amides is 1. The zero-order chi connectivity index (χ0) is 23.7. The number of benzene rings is 2. The first-order valence-electron chi connectivity index (χ1n) is 10.5. The van der Waals surface area contributed by atoms with E-state index in [-0.39, 0.29) is 17.2 Å². The predicted octanol–water partition coefficient (Wildman–Crippen LogP) is 4.33. The van der Waals surface area contributed by atoms with Crippen LogP contribution in [0.4, 0.5) is 5.82 Å². The molecule has 33 heavy (non-hydrogen) atoms. The van der Waals surface area contributed by atoms with Crippen LogP contribution in [0.15, 0.2) is 58.6 Å². The van der Waals surface area contributed by atoms with Gasteiger partial charge in [-0.2, -0.15) is 0 Å². The topological polar surface area (TPSA) is 102 Å². The van der Waals surface area contributed by atoms with Crippen LogP contribution < -0.4 is 14.4 Å². The maximum atomic E-state index is 13.2. The molecule has 3 aromatic rings. The van der Waals surface area contributed by atoms with E-state index < -0.39 is 17.7 Å². The molecule has 0 saturated carbocycles. The molecule has 1 unspecified atom stereocenters. The van der Waals surface area contributed by atoms with Gasteiger partial charge in [-0.1, -0.05) is 41.1 Å². The van der Waals surface area contributed by atoms with Crippen LogP contribution in [0.2, 0.25) is 0 Å². The van der Waals surface area contributed by atoms with Crippen molar-refractivity contribution < 1.29 is 28.7 Å². The Morgan fingerprint density at radius 3 is 2.42 bits per heavy atom. The molecule has 0 bridgehead atoms. The second-order valence-corrected chi connectivity index (χ2v) is 7.67. The lowest BCUT2D eigenvalue weighted by molar-refractivity contribution is -0.132. The number of rotatable bonds is 6. The van der Waals surface area contributed by atoms with Crippen molar-refractivity contribution in [1.82, 2.24) is 5.16 Å². The molecule has 0 radical (unpaired) electrons. The molecule has 0 spiro atoms. The first-order valence-corrected chi connectivity index (χ1v) is 10.5. The fourth-order valence-corrected chi connectivity index (χ4v) is 3.85. The van der Waals surface area contributed by atoms with Crippen LogP contribution in [0.3, 0.4) is 0 Å². The van der Waals surface area contributed by atoms with Crippen LogP contribution in [0.5, 0.6) is 11.5 Å². The van der Waals surface area contributed by atoms with Crippen LogP contribution in [0.25, 0.3) is 5.76 Å². The molecular weight excluding hydrogens is 424 g/mol. The van der Waals surface area contributed by atoms with Crippen molar-refractivity contribution in [2.45, 2.75) is 26.8 Å². The van der Waals surface area contributed by atoms with Crippen LogP contribution in [0, 0.1) is 13.8 Å². The van der Waals surface area contributed by atoms with Crippen LogP contribution >= 0.6 is 0 Å². The molecule has 1 aliphatic rings. The first kappa shape index (κ1) is 22.1. The summed E-state index contributed by atoms with van der Waals surface area (Å²) < 4.78 is 16.2. The maximum Gasteiger partial charge on any atom is 0.301 e. The van der Waals surface area contributed by atoms with Gasteiger partial charge in [0.15, 0.2) is 17.3 Å². The minimum absolute atomic E-state index is 0.0456. The smallest absolute Gasteiger partial charge is 0.301 e. The Bertz CT molecular complexity index is 1240. The number of hydrogen-bond donors (Lipinski definition) is 1. The average Bonchev–Trinajstić information content (AvgIpc) is 3.35. The molecule has 1 N–H and O–H groups in total. The van der Waals surface area contributed by atoms with Crippen molar-refractivity contribution in [3.63, 3.8) is 0 Å². The van der Waals surface area contributed by atoms with Gasteiger partial charge >= 0.3 is 5.91 Å². The van der Waals surface area contributed by atoms with Gasteiger partial charge in [-0.25, -0.2) is 0 Å². The van der Waals surface area contributed by atoms with Crippen LogP contribution in [-0.2, 0) is 9.59 Å². The maximum absolute atomic E-state index is 13.2. The van der Waals surface area contributed by atoms with Gasteiger partial charge in [0.05, 0.1) is 25.3 Å². The molecule has 1 amide bonds. The molecule has 1 aliphatic heterocycles. The highest BCUT2D eigenvalue weighted by atomic mass is 16.5. The van der Waals surface area contributed by atoms with E-state index >= 15 is 0 Å². The molecule has 8 nitrogen and oxygen atoms in total. The van der Waals surface area contributed by atoms with Gasteiger partial charge < -0.3 is 19.1 Å². The summed E-state index contributed by atoms with van der Waals surface area (Å²) in [4.78, 5) is 27.5. The van der Waals surface area contributed by atoms with Crippen molar-refractivity contribution in [3.05, 3.63) is 76.6 Å². The highest BCUT2D eigenvalue weighted by Gasteiger charge is 2.48. The number of ether oxygens (including phenoxy) is 2. The summed E-state index contributed by atoms with van der Waals surface area (Å²) in [5, 5.41) is 15.1. The largest absolute Gasteiger partial charge is 0.507 e. The van der Waals surface area contributed by atoms with Crippen molar-refractivity contribution in [2.75, 3.05) is 18.6 Å². The molecule has 0 aliphatic carbocycles. The van der Waals surface area contributed by atoms with Gasteiger partial charge in [0.1, 0.15) is 11.5 Å². The number of aryl methyl sites for hydroxylation is 2. The summed E-state index contributed by atoms with van der Waals surface area (Å²) in [6.07, 6.45) is 0. The fraction of sp³-hybridized carbons (Fsp3) is 0.240. The summed E-state index contributed by atoms with van der Waals surface area (Å²) >= 11 is 0. The van der Waals surface area contributed by atoms with Crippen molar-refractivity contribution in [3.8, 4) is 11.5 Å². The molecule has 1 saturated heterocycles. The SMILES string of the molecule is CCOc1ccc(C2C(=C(O)c3ccc(C)cc3)C(=O)C(=O)N2c2cc(C)on2)cc1OC. The third kappa shape index (κ3) is 3.95. The van der Waals surface area contributed by atoms with Gasteiger partial charge in [0, 0.05) is 11.6 Å². The standard InChI is InChI=1S/C25H24N2O6/c1-5-32-18-11-10-17(13-19(18)31-4)22-21(23(28)16-8-6-14(2)7-9-16)24(29)25(30)27(22)20-12-15(3)33-26-20/h6-13,22,28H,5H2,1-4H3. The minimum atomic E-state index is -0.944. The second kappa shape index (κ2) is 8.82. The number of carbonyl (C=O) groups is 2. The van der Waals surface area contributed by atoms with E-state index in [9.17, 15) is 14.7 Å². The Morgan fingerprint density at radius 2 is 1.82 bits per heavy atom. The number of anilines is 1. The third-order valence-corrected chi connectivity index (χ3v) is 5.44. The second-order valence-electron chi connectivity index (χ2n) is 7.67. The van der Waals surface area contributed by atoms with Gasteiger partial charge in [0.25, 0.3) is 5.78 Å². The van der Waals surface area contributed by atoms with Gasteiger partial charge in [-0.15, -0.1) is 0 Å². The van der Waals surface area contributed by atoms with Crippen LogP contribution in [0.1, 0.15) is 35.4 Å². The van der Waals surface area contributed by atoms with Gasteiger partial charge in [-0.05, 0) is 38.5 Å². The Hall–Kier alpha value is -4.07. The fourth-order valence-electron chi connectivity index (χ4n) is 3.85. The minimum Gasteiger partial charge on any atom is -0.507 e. The number of aromatic nitrogens is 1. The van der Waals surface area contributed by atoms with Gasteiger partial charge in [-0.3, -0.25) is 14.5 Å². The van der Waals surface area contributed by atoms with E-state index in [2.05, 4.69) is 5.16 Å². The van der Waals surface area contributed by atoms with Crippen molar-refractivity contribution in [2.24, 2.45) is 0 Å². The highest BCUT2D eigenvalue weighted by molar-refractivity contribution is 6.51. The highest BCUT2D eigenvalue weighted by Crippen LogP contribution is 2.43. The van der Waals surface area contributed by atoms with Crippen LogP contribution in [-0.4, -0.2) is 35.7 Å². The Labute approximate surface area is 191 Å². The molecule has 4 rings (SSSR count). The zero-order valence-corrected chi connectivity index (χ0v) is 18.8. The Balaban J connectivity index is 1.93. The molecule has 2 heterocycles. The molecule has 170 valence electrons. The van der Waals surface area contributed by atoms with E-state index in [0.717, 1.165) is 5.56 Å². The average molecular weight is 448 g/mol. The summed E-state index contributed by atoms with van der Waals surface area (Å²) in [7, 11) is 1.51. The quantitative estimate of drug-likeness (QED) is 0.340. The number of nitrogens with zero attached hydrogens (tertiary/aromatic N) is 2. The zero-order valence-electron chi connectivity index (χ0n) is 18.8. The Morgan fingerprint density at radius 1 is 1.09 bits per heavy atom. The van der Waals surface area contributed by atoms with E-state index in [4.69, 9.17) is 14.0 Å². The van der Waals surface area contributed by atoms with E-state index in [1.54, 1.807) is 43.3 Å². The first-order chi connectivity index (χ1) is 15.8. The molecular formula is C25H24N2O6. The normalized spacial score (nSPS) is 17.5. The summed E-state index contributed by atoms with van der Waals surface area (Å²) in [5.74, 6) is -0.276. The molecule has 1 atom stereocenters. The Kier molecular flexibility index (Phi) is 5.91. The van der Waals surface area contributed by atoms with E-state index in [0.29, 0.717) is 35.0 Å². The predicted molar refractivity (Wildman–Crippen MR) is 121 cm³/mol. The lowest BCUT2D eigenvalue weighted by Gasteiger charge is -2.23. The monoisotopic (exact) mass is 448 g/mol. The summed E-state index contributed by atoms with van der Waals surface area (Å²) in [6.45, 7) is 5.91. The summed E-state index contributed by atoms with van der Waals surface area (Å²) in [5.41, 5.74) is 1.93. The summed E-state index contributed by atoms with van der Waals surface area (Å²) in [6, 6.07) is 12.8. The molecule has 2 aromatic carbocycles. The molecule has 1 fully saturated rings. The third-order valence-electron chi connectivity index (χ3n) is 5.44. The molecule has 1 aromatic heterocycles. The number of aliphatic hydroxyl groups is 1. The number of ketones is 1. The van der Waals surface area contributed by atoms with Gasteiger partial charge in [0.2, 0.25) is 0 Å². The number of Topliss-reactive ketones (excluding diaryl/α,β-unsaturated/α-hetero) is 1. The number of hydrogen-bond acceptors (Lipinski definition) is 7. The lowest BCUT2D eigenvalue weighted by atomic mass is 9.94. The molecule has 8 heteroatoms. The van der Waals surface area contributed by atoms with E-state index in [1.165, 1.54) is 12.0 Å². The van der Waals surface area contributed by atoms with Crippen molar-refractivity contribution in [1.29, 1.82) is 0 Å². The number of aliphatic hydroxyl groups excluding tert-OH is 1. The number of methoxy groups -OCH3 is 1. The van der Waals surface area contributed by atoms with E-state index in [1.807, 2.05) is 26.0 Å². The number of carbonyl (C=O) groups excluding carboxylic acids is 2. The lowest BCUT2D eigenvalue weighted by Crippen LogP contribution is -2.29. The van der Waals surface area contributed by atoms with Crippen molar-refractivity contribution >= 4 is 23.3 Å².